The Labute approximate surface area is 160 Å². The molecule has 1 N–H and O–H groups in total. The van der Waals surface area contributed by atoms with Crippen LogP contribution in [0.2, 0.25) is 0 Å². The summed E-state index contributed by atoms with van der Waals surface area (Å²) in [5.41, 5.74) is 2.08. The molecule has 144 valence electrons. The molecule has 2 saturated carbocycles. The average Bonchev–Trinajstić information content (AvgIpc) is 2.69. The lowest BCUT2D eigenvalue weighted by molar-refractivity contribution is -0.123. The van der Waals surface area contributed by atoms with Crippen LogP contribution in [0.3, 0.4) is 0 Å². The van der Waals surface area contributed by atoms with Crippen molar-refractivity contribution in [2.24, 2.45) is 5.92 Å². The third-order valence-electron chi connectivity index (χ3n) is 6.47. The first-order valence-corrected chi connectivity index (χ1v) is 10.5. The molecule has 0 atom stereocenters. The van der Waals surface area contributed by atoms with Gasteiger partial charge in [-0.05, 0) is 80.2 Å². The summed E-state index contributed by atoms with van der Waals surface area (Å²) in [6.45, 7) is 0. The van der Waals surface area contributed by atoms with Crippen LogP contribution >= 0.6 is 0 Å². The molecule has 2 aliphatic rings. The number of fused-ring (bicyclic) bond motifs is 1. The molecular formula is C23H29FN2O. The number of hydrogen-bond donors (Lipinski definition) is 1. The van der Waals surface area contributed by atoms with Crippen molar-refractivity contribution in [3.8, 4) is 0 Å². The number of benzene rings is 1. The molecule has 0 radical (unpaired) electrons. The number of aromatic nitrogens is 1. The topological polar surface area (TPSA) is 42.0 Å². The molecule has 4 rings (SSSR count). The van der Waals surface area contributed by atoms with Crippen LogP contribution in [0.15, 0.2) is 30.5 Å². The highest BCUT2D eigenvalue weighted by Gasteiger charge is 2.26. The van der Waals surface area contributed by atoms with E-state index in [1.54, 1.807) is 12.1 Å². The molecule has 2 aromatic rings. The fraction of sp³-hybridized carbons (Fsp3) is 0.565. The molecule has 0 aliphatic heterocycles. The van der Waals surface area contributed by atoms with Crippen molar-refractivity contribution >= 4 is 16.8 Å². The van der Waals surface area contributed by atoms with Crippen LogP contribution in [-0.4, -0.2) is 16.9 Å². The predicted octanol–water partition coefficient (Wildman–Crippen LogP) is 5.49. The van der Waals surface area contributed by atoms with Crippen LogP contribution < -0.4 is 5.32 Å². The van der Waals surface area contributed by atoms with Gasteiger partial charge in [0, 0.05) is 24.0 Å². The Morgan fingerprint density at radius 2 is 1.81 bits per heavy atom. The van der Waals surface area contributed by atoms with E-state index in [0.29, 0.717) is 24.3 Å². The van der Waals surface area contributed by atoms with Crippen molar-refractivity contribution in [1.82, 2.24) is 10.3 Å². The lowest BCUT2D eigenvalue weighted by Crippen LogP contribution is -2.37. The highest BCUT2D eigenvalue weighted by Crippen LogP contribution is 2.39. The van der Waals surface area contributed by atoms with E-state index in [1.165, 1.54) is 30.9 Å². The number of carbonyl (C=O) groups excluding carboxylic acids is 1. The van der Waals surface area contributed by atoms with Gasteiger partial charge in [-0.1, -0.05) is 19.3 Å². The van der Waals surface area contributed by atoms with Crippen LogP contribution in [0.1, 0.15) is 75.7 Å². The van der Waals surface area contributed by atoms with E-state index in [-0.39, 0.29) is 11.7 Å². The molecule has 1 amide bonds. The quantitative estimate of drug-likeness (QED) is 0.776. The van der Waals surface area contributed by atoms with E-state index in [4.69, 9.17) is 0 Å². The van der Waals surface area contributed by atoms with Crippen molar-refractivity contribution < 1.29 is 9.18 Å². The summed E-state index contributed by atoms with van der Waals surface area (Å²) in [6, 6.07) is 7.29. The smallest absolute Gasteiger partial charge is 0.220 e. The Kier molecular flexibility index (Phi) is 5.70. The first-order chi connectivity index (χ1) is 13.2. The van der Waals surface area contributed by atoms with Gasteiger partial charge in [-0.25, -0.2) is 4.39 Å². The maximum absolute atomic E-state index is 13.7. The van der Waals surface area contributed by atoms with Crippen molar-refractivity contribution in [2.45, 2.75) is 76.2 Å². The number of nitrogens with zero attached hydrogens (tertiary/aromatic N) is 1. The van der Waals surface area contributed by atoms with E-state index in [0.717, 1.165) is 49.4 Å². The Bertz CT molecular complexity index is 792. The average molecular weight is 368 g/mol. The SMILES string of the molecule is O=C(C[C@H]1CC[C@@H](c2ccnc3ccc(F)cc32)CC1)NC1CCCCC1. The molecule has 4 heteroatoms. The van der Waals surface area contributed by atoms with E-state index < -0.39 is 0 Å². The number of nitrogens with one attached hydrogen (secondary N) is 1. The van der Waals surface area contributed by atoms with Gasteiger partial charge in [0.15, 0.2) is 0 Å². The first-order valence-electron chi connectivity index (χ1n) is 10.5. The maximum Gasteiger partial charge on any atom is 0.220 e. The molecule has 0 bridgehead atoms. The molecule has 2 aliphatic carbocycles. The molecule has 27 heavy (non-hydrogen) atoms. The van der Waals surface area contributed by atoms with Gasteiger partial charge >= 0.3 is 0 Å². The summed E-state index contributed by atoms with van der Waals surface area (Å²) in [5, 5.41) is 4.19. The molecule has 3 nitrogen and oxygen atoms in total. The number of pyridine rings is 1. The highest BCUT2D eigenvalue weighted by atomic mass is 19.1. The summed E-state index contributed by atoms with van der Waals surface area (Å²) in [5.74, 6) is 0.955. The molecule has 1 aromatic carbocycles. The van der Waals surface area contributed by atoms with Crippen molar-refractivity contribution in [1.29, 1.82) is 0 Å². The van der Waals surface area contributed by atoms with Gasteiger partial charge < -0.3 is 5.32 Å². The summed E-state index contributed by atoms with van der Waals surface area (Å²) in [4.78, 5) is 16.8. The molecule has 0 spiro atoms. The standard InChI is InChI=1S/C23H29FN2O/c24-18-10-11-22-21(15-18)20(12-13-25-22)17-8-6-16(7-9-17)14-23(27)26-19-4-2-1-3-5-19/h10-13,15-17,19H,1-9,14H2,(H,26,27)/t16-,17+. The van der Waals surface area contributed by atoms with E-state index in [1.807, 2.05) is 12.3 Å². The molecule has 0 unspecified atom stereocenters. The van der Waals surface area contributed by atoms with Gasteiger partial charge in [0.05, 0.1) is 5.52 Å². The van der Waals surface area contributed by atoms with Crippen LogP contribution in [0.25, 0.3) is 10.9 Å². The molecule has 2 fully saturated rings. The fourth-order valence-corrected chi connectivity index (χ4v) is 4.97. The van der Waals surface area contributed by atoms with Crippen molar-refractivity contribution in [3.63, 3.8) is 0 Å². The summed E-state index contributed by atoms with van der Waals surface area (Å²) < 4.78 is 13.7. The number of halogens is 1. The highest BCUT2D eigenvalue weighted by molar-refractivity contribution is 5.82. The van der Waals surface area contributed by atoms with E-state index in [9.17, 15) is 9.18 Å². The third kappa shape index (κ3) is 4.48. The van der Waals surface area contributed by atoms with Crippen molar-refractivity contribution in [3.05, 3.63) is 41.8 Å². The number of hydrogen-bond acceptors (Lipinski definition) is 2. The Balaban J connectivity index is 1.34. The lowest BCUT2D eigenvalue weighted by Gasteiger charge is -2.30. The maximum atomic E-state index is 13.7. The predicted molar refractivity (Wildman–Crippen MR) is 106 cm³/mol. The molecule has 0 saturated heterocycles. The first kappa shape index (κ1) is 18.4. The molecular weight excluding hydrogens is 339 g/mol. The normalized spacial score (nSPS) is 24.0. The minimum atomic E-state index is -0.204. The summed E-state index contributed by atoms with van der Waals surface area (Å²) in [7, 11) is 0. The minimum absolute atomic E-state index is 0.204. The van der Waals surface area contributed by atoms with Crippen molar-refractivity contribution in [2.75, 3.05) is 0 Å². The second kappa shape index (κ2) is 8.37. The number of amides is 1. The second-order valence-corrected chi connectivity index (χ2v) is 8.39. The zero-order valence-electron chi connectivity index (χ0n) is 15.9. The Morgan fingerprint density at radius 3 is 2.59 bits per heavy atom. The molecule has 1 heterocycles. The third-order valence-corrected chi connectivity index (χ3v) is 6.47. The van der Waals surface area contributed by atoms with Gasteiger partial charge in [0.25, 0.3) is 0 Å². The van der Waals surface area contributed by atoms with Gasteiger partial charge in [-0.15, -0.1) is 0 Å². The van der Waals surface area contributed by atoms with Crippen LogP contribution in [-0.2, 0) is 4.79 Å². The van der Waals surface area contributed by atoms with Crippen LogP contribution in [0, 0.1) is 11.7 Å². The lowest BCUT2D eigenvalue weighted by atomic mass is 9.76. The van der Waals surface area contributed by atoms with Gasteiger partial charge in [-0.2, -0.15) is 0 Å². The van der Waals surface area contributed by atoms with Crippen LogP contribution in [0.5, 0.6) is 0 Å². The summed E-state index contributed by atoms with van der Waals surface area (Å²) >= 11 is 0. The zero-order chi connectivity index (χ0) is 18.6. The minimum Gasteiger partial charge on any atom is -0.353 e. The van der Waals surface area contributed by atoms with Gasteiger partial charge in [0.1, 0.15) is 5.82 Å². The fourth-order valence-electron chi connectivity index (χ4n) is 4.97. The largest absolute Gasteiger partial charge is 0.353 e. The Hall–Kier alpha value is -1.97. The number of rotatable bonds is 4. The van der Waals surface area contributed by atoms with Gasteiger partial charge in [0.2, 0.25) is 5.91 Å². The van der Waals surface area contributed by atoms with Gasteiger partial charge in [-0.3, -0.25) is 9.78 Å². The van der Waals surface area contributed by atoms with Crippen LogP contribution in [0.4, 0.5) is 4.39 Å². The zero-order valence-corrected chi connectivity index (χ0v) is 15.9. The van der Waals surface area contributed by atoms with E-state index >= 15 is 0 Å². The second-order valence-electron chi connectivity index (χ2n) is 8.39. The summed E-state index contributed by atoms with van der Waals surface area (Å²) in [6.07, 6.45) is 12.9. The monoisotopic (exact) mass is 368 g/mol. The number of carbonyl (C=O) groups is 1. The molecule has 1 aromatic heterocycles. The van der Waals surface area contributed by atoms with E-state index in [2.05, 4.69) is 10.3 Å². The Morgan fingerprint density at radius 1 is 1.04 bits per heavy atom.